The molecule has 0 heterocycles. The topological polar surface area (TPSA) is 74.3 Å². The molecule has 0 aliphatic heterocycles. The fraction of sp³-hybridized carbons (Fsp3) is 0.556. The Balaban J connectivity index is 3.07. The van der Waals surface area contributed by atoms with E-state index in [-0.39, 0.29) is 13.1 Å². The Labute approximate surface area is 148 Å². The molecule has 25 heavy (non-hydrogen) atoms. The Morgan fingerprint density at radius 3 is 2.36 bits per heavy atom. The highest BCUT2D eigenvalue weighted by atomic mass is 16.6. The summed E-state index contributed by atoms with van der Waals surface area (Å²) in [6, 6.07) is 5.30. The molecule has 0 atom stereocenters. The van der Waals surface area contributed by atoms with Gasteiger partial charge in [-0.05, 0) is 39.8 Å². The molecule has 0 saturated carbocycles. The first-order valence-corrected chi connectivity index (χ1v) is 8.04. The Bertz CT molecular complexity index is 594. The molecule has 0 aromatic heterocycles. The molecule has 140 valence electrons. The number of methoxy groups -OCH3 is 2. The van der Waals surface area contributed by atoms with Crippen LogP contribution < -0.4 is 9.47 Å². The maximum absolute atomic E-state index is 12.4. The van der Waals surface area contributed by atoms with Crippen molar-refractivity contribution in [2.75, 3.05) is 27.4 Å². The first-order valence-electron chi connectivity index (χ1n) is 8.04. The van der Waals surface area contributed by atoms with Crippen molar-refractivity contribution in [1.29, 1.82) is 0 Å². The summed E-state index contributed by atoms with van der Waals surface area (Å²) >= 11 is 0. The SMILES string of the molecule is CCOc1cc(OC)ccc1CN(CC(=O)OC)C(=O)OC(C)(C)C. The molecule has 0 N–H and O–H groups in total. The fourth-order valence-electron chi connectivity index (χ4n) is 2.02. The van der Waals surface area contributed by atoms with Crippen molar-refractivity contribution in [3.63, 3.8) is 0 Å². The Morgan fingerprint density at radius 1 is 1.16 bits per heavy atom. The highest BCUT2D eigenvalue weighted by molar-refractivity contribution is 5.78. The minimum absolute atomic E-state index is 0.142. The van der Waals surface area contributed by atoms with Crippen molar-refractivity contribution in [3.8, 4) is 11.5 Å². The van der Waals surface area contributed by atoms with Crippen molar-refractivity contribution in [3.05, 3.63) is 23.8 Å². The molecular formula is C18H27NO6. The molecule has 1 aromatic carbocycles. The van der Waals surface area contributed by atoms with Crippen LogP contribution in [0.1, 0.15) is 33.3 Å². The van der Waals surface area contributed by atoms with Gasteiger partial charge in [0.25, 0.3) is 0 Å². The number of nitrogens with zero attached hydrogens (tertiary/aromatic N) is 1. The lowest BCUT2D eigenvalue weighted by Gasteiger charge is -2.27. The zero-order valence-corrected chi connectivity index (χ0v) is 15.8. The number of esters is 1. The molecule has 0 fully saturated rings. The lowest BCUT2D eigenvalue weighted by molar-refractivity contribution is -0.142. The van der Waals surface area contributed by atoms with E-state index in [4.69, 9.17) is 14.2 Å². The number of hydrogen-bond acceptors (Lipinski definition) is 6. The maximum atomic E-state index is 12.4. The molecule has 1 amide bonds. The third kappa shape index (κ3) is 6.91. The van der Waals surface area contributed by atoms with Gasteiger partial charge in [0.1, 0.15) is 23.6 Å². The Hall–Kier alpha value is -2.44. The van der Waals surface area contributed by atoms with Crippen LogP contribution in [0.5, 0.6) is 11.5 Å². The predicted molar refractivity (Wildman–Crippen MR) is 92.8 cm³/mol. The Morgan fingerprint density at radius 2 is 1.84 bits per heavy atom. The molecule has 0 spiro atoms. The zero-order chi connectivity index (χ0) is 19.0. The second kappa shape index (κ2) is 9.15. The van der Waals surface area contributed by atoms with Crippen LogP contribution in [0.3, 0.4) is 0 Å². The van der Waals surface area contributed by atoms with Gasteiger partial charge >= 0.3 is 12.1 Å². The molecule has 0 bridgehead atoms. The van der Waals surface area contributed by atoms with Gasteiger partial charge in [0.05, 0.1) is 27.4 Å². The third-order valence-electron chi connectivity index (χ3n) is 3.13. The molecule has 1 aromatic rings. The largest absolute Gasteiger partial charge is 0.497 e. The average molecular weight is 353 g/mol. The van der Waals surface area contributed by atoms with E-state index in [0.29, 0.717) is 18.1 Å². The summed E-state index contributed by atoms with van der Waals surface area (Å²) in [7, 11) is 2.84. The summed E-state index contributed by atoms with van der Waals surface area (Å²) in [6.07, 6.45) is -0.601. The van der Waals surface area contributed by atoms with E-state index in [1.165, 1.54) is 12.0 Å². The molecule has 0 unspecified atom stereocenters. The van der Waals surface area contributed by atoms with Crippen molar-refractivity contribution in [2.45, 2.75) is 39.8 Å². The van der Waals surface area contributed by atoms with Crippen LogP contribution in [0.4, 0.5) is 4.79 Å². The van der Waals surface area contributed by atoms with Crippen LogP contribution >= 0.6 is 0 Å². The molecule has 0 radical (unpaired) electrons. The third-order valence-corrected chi connectivity index (χ3v) is 3.13. The highest BCUT2D eigenvalue weighted by Gasteiger charge is 2.25. The molecule has 1 rings (SSSR count). The normalized spacial score (nSPS) is 10.8. The summed E-state index contributed by atoms with van der Waals surface area (Å²) in [5.41, 5.74) is 0.0612. The first kappa shape index (κ1) is 20.6. The van der Waals surface area contributed by atoms with Crippen LogP contribution in [0.25, 0.3) is 0 Å². The van der Waals surface area contributed by atoms with Crippen molar-refractivity contribution in [2.24, 2.45) is 0 Å². The van der Waals surface area contributed by atoms with Gasteiger partial charge in [0.2, 0.25) is 0 Å². The standard InChI is InChI=1S/C18H27NO6/c1-7-24-15-10-14(22-5)9-8-13(15)11-19(12-16(20)23-6)17(21)25-18(2,3)4/h8-10H,7,11-12H2,1-6H3. The number of amides is 1. The second-order valence-corrected chi connectivity index (χ2v) is 6.32. The lowest BCUT2D eigenvalue weighted by Crippen LogP contribution is -2.39. The lowest BCUT2D eigenvalue weighted by atomic mass is 10.1. The number of hydrogen-bond donors (Lipinski definition) is 0. The van der Waals surface area contributed by atoms with E-state index in [2.05, 4.69) is 4.74 Å². The summed E-state index contributed by atoms with van der Waals surface area (Å²) in [5.74, 6) is 0.696. The number of carbonyl (C=O) groups excluding carboxylic acids is 2. The van der Waals surface area contributed by atoms with Gasteiger partial charge < -0.3 is 18.9 Å². The van der Waals surface area contributed by atoms with E-state index in [1.807, 2.05) is 6.92 Å². The van der Waals surface area contributed by atoms with E-state index in [9.17, 15) is 9.59 Å². The van der Waals surface area contributed by atoms with Crippen LogP contribution in [0.2, 0.25) is 0 Å². The van der Waals surface area contributed by atoms with E-state index < -0.39 is 17.7 Å². The highest BCUT2D eigenvalue weighted by Crippen LogP contribution is 2.26. The van der Waals surface area contributed by atoms with Crippen LogP contribution in [-0.2, 0) is 20.8 Å². The number of carbonyl (C=O) groups is 2. The van der Waals surface area contributed by atoms with Gasteiger partial charge in [-0.25, -0.2) is 4.79 Å². The van der Waals surface area contributed by atoms with Gasteiger partial charge in [0.15, 0.2) is 0 Å². The molecule has 0 saturated heterocycles. The molecule has 7 nitrogen and oxygen atoms in total. The van der Waals surface area contributed by atoms with E-state index in [1.54, 1.807) is 46.1 Å². The molecular weight excluding hydrogens is 326 g/mol. The van der Waals surface area contributed by atoms with E-state index in [0.717, 1.165) is 5.56 Å². The van der Waals surface area contributed by atoms with Gasteiger partial charge in [-0.1, -0.05) is 0 Å². The van der Waals surface area contributed by atoms with Gasteiger partial charge in [-0.3, -0.25) is 9.69 Å². The molecule has 0 aliphatic carbocycles. The van der Waals surface area contributed by atoms with Crippen molar-refractivity contribution >= 4 is 12.1 Å². The summed E-state index contributed by atoms with van der Waals surface area (Å²) in [4.78, 5) is 25.4. The van der Waals surface area contributed by atoms with Crippen LogP contribution in [-0.4, -0.2) is 49.9 Å². The van der Waals surface area contributed by atoms with E-state index >= 15 is 0 Å². The molecule has 7 heteroatoms. The first-order chi connectivity index (χ1) is 11.7. The van der Waals surface area contributed by atoms with Gasteiger partial charge in [0, 0.05) is 11.6 Å². The van der Waals surface area contributed by atoms with Gasteiger partial charge in [-0.2, -0.15) is 0 Å². The predicted octanol–water partition coefficient (Wildman–Crippen LogP) is 3.00. The second-order valence-electron chi connectivity index (χ2n) is 6.32. The average Bonchev–Trinajstić information content (AvgIpc) is 2.54. The van der Waals surface area contributed by atoms with Crippen LogP contribution in [0, 0.1) is 0 Å². The number of benzene rings is 1. The van der Waals surface area contributed by atoms with Gasteiger partial charge in [-0.15, -0.1) is 0 Å². The smallest absolute Gasteiger partial charge is 0.411 e. The zero-order valence-electron chi connectivity index (χ0n) is 15.8. The minimum Gasteiger partial charge on any atom is -0.497 e. The van der Waals surface area contributed by atoms with Crippen molar-refractivity contribution < 1.29 is 28.5 Å². The monoisotopic (exact) mass is 353 g/mol. The minimum atomic E-state index is -0.673. The summed E-state index contributed by atoms with van der Waals surface area (Å²) < 4.78 is 20.9. The van der Waals surface area contributed by atoms with Crippen molar-refractivity contribution in [1.82, 2.24) is 4.90 Å². The number of ether oxygens (including phenoxy) is 4. The fourth-order valence-corrected chi connectivity index (χ4v) is 2.02. The molecule has 0 aliphatic rings. The number of rotatable bonds is 7. The summed E-state index contributed by atoms with van der Waals surface area (Å²) in [6.45, 7) is 7.54. The maximum Gasteiger partial charge on any atom is 0.411 e. The summed E-state index contributed by atoms with van der Waals surface area (Å²) in [5, 5.41) is 0. The quantitative estimate of drug-likeness (QED) is 0.702. The Kier molecular flexibility index (Phi) is 7.54. The van der Waals surface area contributed by atoms with Crippen LogP contribution in [0.15, 0.2) is 18.2 Å².